The fraction of sp³-hybridized carbons (Fsp3) is 0.214. The fourth-order valence-electron chi connectivity index (χ4n) is 1.98. The molecule has 1 N–H and O–H groups in total. The molecule has 0 aliphatic carbocycles. The number of benzene rings is 1. The van der Waals surface area contributed by atoms with Gasteiger partial charge in [-0.1, -0.05) is 17.7 Å². The minimum Gasteiger partial charge on any atom is -0.476 e. The molecule has 0 saturated heterocycles. The molecule has 2 aromatic rings. The zero-order valence-corrected chi connectivity index (χ0v) is 11.0. The topological polar surface area (TPSA) is 72.2 Å². The van der Waals surface area contributed by atoms with E-state index in [0.29, 0.717) is 5.69 Å². The Hall–Kier alpha value is -2.43. The maximum atomic E-state index is 11.5. The van der Waals surface area contributed by atoms with Crippen LogP contribution in [0, 0.1) is 20.8 Å². The van der Waals surface area contributed by atoms with Crippen LogP contribution in [0.4, 0.5) is 0 Å². The Labute approximate surface area is 110 Å². The van der Waals surface area contributed by atoms with Gasteiger partial charge in [-0.25, -0.2) is 9.48 Å². The van der Waals surface area contributed by atoms with Crippen LogP contribution >= 0.6 is 0 Å². The van der Waals surface area contributed by atoms with Crippen LogP contribution in [0.15, 0.2) is 29.1 Å². The van der Waals surface area contributed by atoms with Gasteiger partial charge in [-0.15, -0.1) is 0 Å². The summed E-state index contributed by atoms with van der Waals surface area (Å²) >= 11 is 0. The molecule has 19 heavy (non-hydrogen) atoms. The monoisotopic (exact) mass is 258 g/mol. The number of nitrogens with zero attached hydrogens (tertiary/aromatic N) is 2. The van der Waals surface area contributed by atoms with E-state index in [4.69, 9.17) is 5.11 Å². The first-order chi connectivity index (χ1) is 8.90. The molecule has 0 bridgehead atoms. The summed E-state index contributed by atoms with van der Waals surface area (Å²) in [6.45, 7) is 5.62. The lowest BCUT2D eigenvalue weighted by molar-refractivity contribution is 0.0686. The summed E-state index contributed by atoms with van der Waals surface area (Å²) in [4.78, 5) is 22.5. The van der Waals surface area contributed by atoms with Crippen LogP contribution in [-0.2, 0) is 0 Å². The number of hydrogen-bond donors (Lipinski definition) is 1. The number of rotatable bonds is 2. The molecule has 2 rings (SSSR count). The molecule has 1 aromatic heterocycles. The van der Waals surface area contributed by atoms with Gasteiger partial charge in [0.2, 0.25) is 11.1 Å². The van der Waals surface area contributed by atoms with Crippen molar-refractivity contribution < 1.29 is 9.90 Å². The first kappa shape index (κ1) is 13.0. The van der Waals surface area contributed by atoms with Gasteiger partial charge < -0.3 is 5.11 Å². The maximum Gasteiger partial charge on any atom is 0.360 e. The van der Waals surface area contributed by atoms with Crippen LogP contribution in [-0.4, -0.2) is 20.9 Å². The zero-order valence-electron chi connectivity index (χ0n) is 11.0. The van der Waals surface area contributed by atoms with Crippen LogP contribution in [0.3, 0.4) is 0 Å². The maximum absolute atomic E-state index is 11.5. The third-order valence-corrected chi connectivity index (χ3v) is 2.89. The van der Waals surface area contributed by atoms with Gasteiger partial charge in [0.15, 0.2) is 0 Å². The molecule has 1 heterocycles. The SMILES string of the molecule is Cc1ccc(-n2nc(C(=O)O)c(=O)cc2C)c(C)c1. The summed E-state index contributed by atoms with van der Waals surface area (Å²) in [6.07, 6.45) is 0. The van der Waals surface area contributed by atoms with Crippen molar-refractivity contribution in [2.24, 2.45) is 0 Å². The van der Waals surface area contributed by atoms with Gasteiger partial charge in [-0.3, -0.25) is 4.79 Å². The zero-order chi connectivity index (χ0) is 14.2. The number of carboxylic acids is 1. The van der Waals surface area contributed by atoms with Gasteiger partial charge in [0.25, 0.3) is 0 Å². The second kappa shape index (κ2) is 4.68. The van der Waals surface area contributed by atoms with E-state index in [-0.39, 0.29) is 0 Å². The van der Waals surface area contributed by atoms with E-state index in [9.17, 15) is 9.59 Å². The largest absolute Gasteiger partial charge is 0.476 e. The van der Waals surface area contributed by atoms with E-state index in [1.54, 1.807) is 6.92 Å². The molecule has 0 unspecified atom stereocenters. The van der Waals surface area contributed by atoms with Crippen molar-refractivity contribution in [2.75, 3.05) is 0 Å². The summed E-state index contributed by atoms with van der Waals surface area (Å²) in [5, 5.41) is 12.9. The Morgan fingerprint density at radius 2 is 1.89 bits per heavy atom. The van der Waals surface area contributed by atoms with Crippen LogP contribution in [0.5, 0.6) is 0 Å². The van der Waals surface area contributed by atoms with E-state index in [2.05, 4.69) is 5.10 Å². The molecule has 98 valence electrons. The summed E-state index contributed by atoms with van der Waals surface area (Å²) < 4.78 is 1.49. The van der Waals surface area contributed by atoms with E-state index >= 15 is 0 Å². The summed E-state index contributed by atoms with van der Waals surface area (Å²) in [7, 11) is 0. The molecule has 0 saturated carbocycles. The fourth-order valence-corrected chi connectivity index (χ4v) is 1.98. The lowest BCUT2D eigenvalue weighted by Crippen LogP contribution is -2.22. The van der Waals surface area contributed by atoms with Gasteiger partial charge in [-0.2, -0.15) is 5.10 Å². The molecule has 0 fully saturated rings. The molecule has 0 aliphatic rings. The van der Waals surface area contributed by atoms with Crippen molar-refractivity contribution >= 4 is 5.97 Å². The summed E-state index contributed by atoms with van der Waals surface area (Å²) in [5.74, 6) is -1.32. The minimum atomic E-state index is -1.32. The highest BCUT2D eigenvalue weighted by molar-refractivity contribution is 5.84. The van der Waals surface area contributed by atoms with Crippen LogP contribution < -0.4 is 5.43 Å². The van der Waals surface area contributed by atoms with Crippen molar-refractivity contribution in [1.82, 2.24) is 9.78 Å². The second-order valence-electron chi connectivity index (χ2n) is 4.51. The number of aryl methyl sites for hydroxylation is 3. The third kappa shape index (κ3) is 2.40. The Bertz CT molecular complexity index is 717. The van der Waals surface area contributed by atoms with Gasteiger partial charge in [0.1, 0.15) is 0 Å². The van der Waals surface area contributed by atoms with Crippen molar-refractivity contribution in [1.29, 1.82) is 0 Å². The Morgan fingerprint density at radius 1 is 1.21 bits per heavy atom. The summed E-state index contributed by atoms with van der Waals surface area (Å²) in [6, 6.07) is 7.05. The second-order valence-corrected chi connectivity index (χ2v) is 4.51. The van der Waals surface area contributed by atoms with Crippen LogP contribution in [0.1, 0.15) is 27.3 Å². The van der Waals surface area contributed by atoms with Crippen LogP contribution in [0.25, 0.3) is 5.69 Å². The quantitative estimate of drug-likeness (QED) is 0.892. The number of aromatic carboxylic acids is 1. The molecule has 0 aliphatic heterocycles. The van der Waals surface area contributed by atoms with Gasteiger partial charge in [0.05, 0.1) is 5.69 Å². The molecule has 5 heteroatoms. The van der Waals surface area contributed by atoms with E-state index in [1.165, 1.54) is 10.7 Å². The van der Waals surface area contributed by atoms with Gasteiger partial charge >= 0.3 is 5.97 Å². The molecule has 5 nitrogen and oxygen atoms in total. The van der Waals surface area contributed by atoms with E-state index in [0.717, 1.165) is 16.8 Å². The average Bonchev–Trinajstić information content (AvgIpc) is 2.30. The third-order valence-electron chi connectivity index (χ3n) is 2.89. The molecular weight excluding hydrogens is 244 g/mol. The first-order valence-electron chi connectivity index (χ1n) is 5.82. The molecule has 0 atom stereocenters. The molecular formula is C14H14N2O3. The minimum absolute atomic E-state index is 0.467. The number of carbonyl (C=O) groups is 1. The predicted molar refractivity (Wildman–Crippen MR) is 71.0 cm³/mol. The Balaban J connectivity index is 2.71. The average molecular weight is 258 g/mol. The Morgan fingerprint density at radius 3 is 2.47 bits per heavy atom. The smallest absolute Gasteiger partial charge is 0.360 e. The number of aromatic nitrogens is 2. The highest BCUT2D eigenvalue weighted by Crippen LogP contribution is 2.15. The van der Waals surface area contributed by atoms with Crippen molar-refractivity contribution in [2.45, 2.75) is 20.8 Å². The lowest BCUT2D eigenvalue weighted by Gasteiger charge is -2.13. The number of carboxylic acid groups (broad SMARTS) is 1. The van der Waals surface area contributed by atoms with Crippen molar-refractivity contribution in [3.8, 4) is 5.69 Å². The normalized spacial score (nSPS) is 10.5. The van der Waals surface area contributed by atoms with E-state index < -0.39 is 17.1 Å². The Kier molecular flexibility index (Phi) is 3.21. The highest BCUT2D eigenvalue weighted by Gasteiger charge is 2.14. The molecule has 0 amide bonds. The predicted octanol–water partition coefficient (Wildman–Crippen LogP) is 1.86. The summed E-state index contributed by atoms with van der Waals surface area (Å²) in [5.41, 5.74) is 2.40. The number of hydrogen-bond acceptors (Lipinski definition) is 3. The van der Waals surface area contributed by atoms with Gasteiger partial charge in [-0.05, 0) is 32.4 Å². The first-order valence-corrected chi connectivity index (χ1v) is 5.82. The molecule has 1 aromatic carbocycles. The van der Waals surface area contributed by atoms with E-state index in [1.807, 2.05) is 32.0 Å². The molecule has 0 spiro atoms. The highest BCUT2D eigenvalue weighted by atomic mass is 16.4. The lowest BCUT2D eigenvalue weighted by atomic mass is 10.1. The van der Waals surface area contributed by atoms with Crippen molar-refractivity contribution in [3.05, 3.63) is 57.0 Å². The van der Waals surface area contributed by atoms with Crippen LogP contribution in [0.2, 0.25) is 0 Å². The standard InChI is InChI=1S/C14H14N2O3/c1-8-4-5-11(9(2)6-8)16-10(3)7-12(17)13(15-16)14(18)19/h4-7H,1-3H3,(H,18,19). The van der Waals surface area contributed by atoms with Crippen molar-refractivity contribution in [3.63, 3.8) is 0 Å². The molecule has 0 radical (unpaired) electrons. The van der Waals surface area contributed by atoms with Gasteiger partial charge in [0, 0.05) is 11.8 Å².